The van der Waals surface area contributed by atoms with Crippen molar-refractivity contribution in [2.75, 3.05) is 0 Å². The van der Waals surface area contributed by atoms with Crippen LogP contribution in [0.25, 0.3) is 16.0 Å². The number of nitrogens with zero attached hydrogens (tertiary/aromatic N) is 4. The summed E-state index contributed by atoms with van der Waals surface area (Å²) in [5.74, 6) is 1.16. The van der Waals surface area contributed by atoms with E-state index in [0.717, 1.165) is 33.4 Å². The van der Waals surface area contributed by atoms with Gasteiger partial charge < -0.3 is 4.57 Å². The van der Waals surface area contributed by atoms with Crippen LogP contribution in [0.15, 0.2) is 51.9 Å². The van der Waals surface area contributed by atoms with E-state index >= 15 is 0 Å². The summed E-state index contributed by atoms with van der Waals surface area (Å²) in [6.07, 6.45) is 1.76. The van der Waals surface area contributed by atoms with Crippen LogP contribution in [-0.2, 0) is 12.3 Å². The van der Waals surface area contributed by atoms with Gasteiger partial charge in [-0.1, -0.05) is 37.7 Å². The molecule has 0 saturated carbocycles. The van der Waals surface area contributed by atoms with Gasteiger partial charge in [-0.05, 0) is 18.1 Å². The molecule has 3 heterocycles. The molecule has 3 aromatic heterocycles. The summed E-state index contributed by atoms with van der Waals surface area (Å²) in [5.41, 5.74) is 2.92. The number of hydrogen-bond acceptors (Lipinski definition) is 5. The number of aromatic nitrogens is 4. The van der Waals surface area contributed by atoms with E-state index < -0.39 is 0 Å². The molecule has 0 amide bonds. The maximum absolute atomic E-state index is 12.1. The number of benzene rings is 1. The van der Waals surface area contributed by atoms with E-state index in [4.69, 9.17) is 4.98 Å². The van der Waals surface area contributed by atoms with Crippen molar-refractivity contribution >= 4 is 39.1 Å². The minimum atomic E-state index is -0.0301. The van der Waals surface area contributed by atoms with Gasteiger partial charge in [0.05, 0.1) is 16.7 Å². The first-order valence-electron chi connectivity index (χ1n) is 8.15. The van der Waals surface area contributed by atoms with Crippen LogP contribution in [0.5, 0.6) is 0 Å². The molecule has 0 bridgehead atoms. The summed E-state index contributed by atoms with van der Waals surface area (Å²) < 4.78 is 3.84. The number of hydrogen-bond donors (Lipinski definition) is 0. The third kappa shape index (κ3) is 3.21. The van der Waals surface area contributed by atoms with Crippen LogP contribution in [0, 0.1) is 5.92 Å². The summed E-state index contributed by atoms with van der Waals surface area (Å²) >= 11 is 3.11. The van der Waals surface area contributed by atoms with Crippen LogP contribution in [0.2, 0.25) is 0 Å². The molecule has 0 aliphatic carbocycles. The zero-order valence-electron chi connectivity index (χ0n) is 14.0. The van der Waals surface area contributed by atoms with Crippen molar-refractivity contribution in [1.29, 1.82) is 0 Å². The van der Waals surface area contributed by atoms with Crippen molar-refractivity contribution < 1.29 is 0 Å². The Labute approximate surface area is 153 Å². The van der Waals surface area contributed by atoms with Gasteiger partial charge in [0.1, 0.15) is 0 Å². The second-order valence-corrected chi connectivity index (χ2v) is 8.13. The van der Waals surface area contributed by atoms with Gasteiger partial charge in [-0.3, -0.25) is 9.20 Å². The van der Waals surface area contributed by atoms with Crippen molar-refractivity contribution in [1.82, 2.24) is 18.9 Å². The van der Waals surface area contributed by atoms with E-state index in [1.165, 1.54) is 11.3 Å². The Balaban J connectivity index is 1.66. The fraction of sp³-hybridized carbons (Fsp3) is 0.278. The molecule has 7 heteroatoms. The lowest BCUT2D eigenvalue weighted by atomic mass is 10.2. The van der Waals surface area contributed by atoms with Gasteiger partial charge in [0.15, 0.2) is 10.1 Å². The van der Waals surface area contributed by atoms with Gasteiger partial charge in [-0.15, -0.1) is 11.3 Å². The molecule has 0 spiro atoms. The van der Waals surface area contributed by atoms with Crippen LogP contribution in [0.1, 0.15) is 19.5 Å². The SMILES string of the molecule is CC(C)Cn1c(SCc2cc(=O)n3ccsc3n2)nc2ccccc21. The fourth-order valence-electron chi connectivity index (χ4n) is 2.81. The van der Waals surface area contributed by atoms with E-state index in [1.807, 2.05) is 23.6 Å². The van der Waals surface area contributed by atoms with Crippen molar-refractivity contribution in [3.63, 3.8) is 0 Å². The highest BCUT2D eigenvalue weighted by Crippen LogP contribution is 2.27. The molecule has 0 atom stereocenters. The molecule has 0 fully saturated rings. The van der Waals surface area contributed by atoms with E-state index in [9.17, 15) is 4.79 Å². The average Bonchev–Trinajstić information content (AvgIpc) is 3.18. The van der Waals surface area contributed by atoms with Gasteiger partial charge in [0, 0.05) is 29.9 Å². The largest absolute Gasteiger partial charge is 0.319 e. The minimum absolute atomic E-state index is 0.0301. The highest BCUT2D eigenvalue weighted by Gasteiger charge is 2.13. The first-order valence-corrected chi connectivity index (χ1v) is 10.0. The monoisotopic (exact) mass is 370 g/mol. The van der Waals surface area contributed by atoms with E-state index in [1.54, 1.807) is 28.4 Å². The third-order valence-electron chi connectivity index (χ3n) is 3.87. The lowest BCUT2D eigenvalue weighted by Gasteiger charge is -2.11. The highest BCUT2D eigenvalue weighted by atomic mass is 32.2. The molecule has 0 N–H and O–H groups in total. The zero-order chi connectivity index (χ0) is 17.4. The van der Waals surface area contributed by atoms with E-state index in [0.29, 0.717) is 11.7 Å². The lowest BCUT2D eigenvalue weighted by Crippen LogP contribution is -2.12. The minimum Gasteiger partial charge on any atom is -0.319 e. The molecular weight excluding hydrogens is 352 g/mol. The van der Waals surface area contributed by atoms with Gasteiger partial charge in [-0.2, -0.15) is 0 Å². The molecule has 128 valence electrons. The topological polar surface area (TPSA) is 52.2 Å². The van der Waals surface area contributed by atoms with E-state index in [-0.39, 0.29) is 5.56 Å². The van der Waals surface area contributed by atoms with Crippen molar-refractivity contribution in [3.05, 3.63) is 58.0 Å². The number of para-hydroxylation sites is 2. The van der Waals surface area contributed by atoms with Crippen LogP contribution >= 0.6 is 23.1 Å². The van der Waals surface area contributed by atoms with Gasteiger partial charge in [0.2, 0.25) is 0 Å². The molecule has 25 heavy (non-hydrogen) atoms. The summed E-state index contributed by atoms with van der Waals surface area (Å²) in [7, 11) is 0. The molecule has 5 nitrogen and oxygen atoms in total. The molecule has 1 aromatic carbocycles. The molecular formula is C18H18N4OS2. The Morgan fingerprint density at radius 3 is 2.92 bits per heavy atom. The number of fused-ring (bicyclic) bond motifs is 2. The Morgan fingerprint density at radius 1 is 1.24 bits per heavy atom. The maximum atomic E-state index is 12.1. The summed E-state index contributed by atoms with van der Waals surface area (Å²) in [5, 5.41) is 2.85. The van der Waals surface area contributed by atoms with Crippen molar-refractivity contribution in [2.24, 2.45) is 5.92 Å². The van der Waals surface area contributed by atoms with Crippen molar-refractivity contribution in [3.8, 4) is 0 Å². The van der Waals surface area contributed by atoms with Gasteiger partial charge in [-0.25, -0.2) is 9.97 Å². The van der Waals surface area contributed by atoms with Crippen LogP contribution in [-0.4, -0.2) is 18.9 Å². The first-order chi connectivity index (χ1) is 12.1. The molecule has 0 unspecified atom stereocenters. The maximum Gasteiger partial charge on any atom is 0.258 e. The fourth-order valence-corrected chi connectivity index (χ4v) is 4.46. The standard InChI is InChI=1S/C18H18N4OS2/c1-12(2)10-22-15-6-4-3-5-14(15)20-18(22)25-11-13-9-16(23)21-7-8-24-17(21)19-13/h3-9,12H,10-11H2,1-2H3. The summed E-state index contributed by atoms with van der Waals surface area (Å²) in [4.78, 5) is 22.2. The lowest BCUT2D eigenvalue weighted by molar-refractivity contribution is 0.505. The predicted octanol–water partition coefficient (Wildman–Crippen LogP) is 4.05. The van der Waals surface area contributed by atoms with Crippen molar-refractivity contribution in [2.45, 2.75) is 31.3 Å². The number of rotatable bonds is 5. The van der Waals surface area contributed by atoms with Gasteiger partial charge in [0.25, 0.3) is 5.56 Å². The van der Waals surface area contributed by atoms with Gasteiger partial charge >= 0.3 is 0 Å². The Hall–Kier alpha value is -2.12. The van der Waals surface area contributed by atoms with Crippen LogP contribution in [0.4, 0.5) is 0 Å². The molecule has 0 aliphatic heterocycles. The molecule has 4 rings (SSSR count). The van der Waals surface area contributed by atoms with Crippen LogP contribution < -0.4 is 5.56 Å². The normalized spacial score (nSPS) is 11.8. The molecule has 0 radical (unpaired) electrons. The predicted molar refractivity (Wildman–Crippen MR) is 103 cm³/mol. The Morgan fingerprint density at radius 2 is 2.08 bits per heavy atom. The number of imidazole rings is 1. The second kappa shape index (κ2) is 6.65. The number of thioether (sulfide) groups is 1. The van der Waals surface area contributed by atoms with E-state index in [2.05, 4.69) is 29.5 Å². The Bertz CT molecular complexity index is 1090. The molecule has 0 saturated heterocycles. The quantitative estimate of drug-likeness (QED) is 0.497. The summed E-state index contributed by atoms with van der Waals surface area (Å²) in [6, 6.07) is 9.82. The summed E-state index contributed by atoms with van der Waals surface area (Å²) in [6.45, 7) is 5.33. The second-order valence-electron chi connectivity index (χ2n) is 6.32. The smallest absolute Gasteiger partial charge is 0.258 e. The molecule has 4 aromatic rings. The first kappa shape index (κ1) is 16.4. The van der Waals surface area contributed by atoms with Crippen LogP contribution in [0.3, 0.4) is 0 Å². The number of thiazole rings is 1. The Kier molecular flexibility index (Phi) is 4.35. The average molecular weight is 371 g/mol. The zero-order valence-corrected chi connectivity index (χ0v) is 15.7. The highest BCUT2D eigenvalue weighted by molar-refractivity contribution is 7.98. The third-order valence-corrected chi connectivity index (χ3v) is 5.64. The molecule has 0 aliphatic rings.